The molecule has 0 aliphatic rings. The van der Waals surface area contributed by atoms with Gasteiger partial charge in [0.05, 0.1) is 22.9 Å². The van der Waals surface area contributed by atoms with E-state index in [1.807, 2.05) is 36.4 Å². The number of fused-ring (bicyclic) bond motifs is 1. The van der Waals surface area contributed by atoms with Crippen molar-refractivity contribution in [3.63, 3.8) is 0 Å². The summed E-state index contributed by atoms with van der Waals surface area (Å²) in [6.07, 6.45) is 0.982. The van der Waals surface area contributed by atoms with Crippen LogP contribution in [0.5, 0.6) is 5.75 Å². The number of nitrogens with zero attached hydrogens (tertiary/aromatic N) is 2. The van der Waals surface area contributed by atoms with Crippen molar-refractivity contribution in [2.75, 3.05) is 5.32 Å². The number of benzene rings is 3. The molecule has 1 N–H and O–H groups in total. The van der Waals surface area contributed by atoms with E-state index in [0.29, 0.717) is 17.0 Å². The Kier molecular flexibility index (Phi) is 5.39. The zero-order chi connectivity index (χ0) is 21.1. The molecule has 0 bridgehead atoms. The molecular weight excluding hydrogens is 381 g/mol. The van der Waals surface area contributed by atoms with E-state index in [1.165, 1.54) is 6.07 Å². The van der Waals surface area contributed by atoms with Crippen molar-refractivity contribution in [1.82, 2.24) is 9.97 Å². The Bertz CT molecular complexity index is 1210. The van der Waals surface area contributed by atoms with Gasteiger partial charge in [0.15, 0.2) is 6.10 Å². The van der Waals surface area contributed by atoms with Gasteiger partial charge in [0.25, 0.3) is 5.91 Å². The van der Waals surface area contributed by atoms with Gasteiger partial charge in [-0.15, -0.1) is 0 Å². The van der Waals surface area contributed by atoms with Gasteiger partial charge in [0, 0.05) is 11.3 Å². The highest BCUT2D eigenvalue weighted by Gasteiger charge is 2.15. The fourth-order valence-corrected chi connectivity index (χ4v) is 2.97. The number of carbonyl (C=O) groups excluding carboxylic acids is 1. The van der Waals surface area contributed by atoms with Crippen molar-refractivity contribution in [2.24, 2.45) is 0 Å². The number of amides is 1. The fourth-order valence-electron chi connectivity index (χ4n) is 2.97. The molecule has 150 valence electrons. The minimum atomic E-state index is -0.749. The van der Waals surface area contributed by atoms with Crippen LogP contribution in [0, 0.1) is 12.7 Å². The van der Waals surface area contributed by atoms with Crippen LogP contribution in [0.25, 0.3) is 22.3 Å². The normalized spacial score (nSPS) is 11.8. The molecule has 0 radical (unpaired) electrons. The van der Waals surface area contributed by atoms with E-state index in [4.69, 9.17) is 4.74 Å². The summed E-state index contributed by atoms with van der Waals surface area (Å²) in [5.41, 5.74) is 4.24. The lowest BCUT2D eigenvalue weighted by Gasteiger charge is -2.15. The van der Waals surface area contributed by atoms with Crippen molar-refractivity contribution in [3.05, 3.63) is 84.3 Å². The van der Waals surface area contributed by atoms with E-state index in [0.717, 1.165) is 22.3 Å². The van der Waals surface area contributed by atoms with E-state index in [-0.39, 0.29) is 11.7 Å². The van der Waals surface area contributed by atoms with Crippen LogP contribution in [0.2, 0.25) is 0 Å². The van der Waals surface area contributed by atoms with Crippen molar-refractivity contribution in [2.45, 2.75) is 20.0 Å². The zero-order valence-corrected chi connectivity index (χ0v) is 16.6. The van der Waals surface area contributed by atoms with Gasteiger partial charge in [-0.3, -0.25) is 9.78 Å². The highest BCUT2D eigenvalue weighted by atomic mass is 19.1. The van der Waals surface area contributed by atoms with Crippen LogP contribution < -0.4 is 10.1 Å². The van der Waals surface area contributed by atoms with Gasteiger partial charge in [0.2, 0.25) is 0 Å². The average molecular weight is 401 g/mol. The number of rotatable bonds is 5. The lowest BCUT2D eigenvalue weighted by molar-refractivity contribution is -0.122. The van der Waals surface area contributed by atoms with Gasteiger partial charge >= 0.3 is 0 Å². The summed E-state index contributed by atoms with van der Waals surface area (Å²) in [6, 6.07) is 19.5. The first-order valence-electron chi connectivity index (χ1n) is 9.55. The zero-order valence-electron chi connectivity index (χ0n) is 16.6. The number of halogens is 1. The highest BCUT2D eigenvalue weighted by molar-refractivity contribution is 5.94. The number of hydrogen-bond donors (Lipinski definition) is 1. The van der Waals surface area contributed by atoms with Crippen molar-refractivity contribution >= 4 is 22.6 Å². The topological polar surface area (TPSA) is 64.1 Å². The number of nitrogens with one attached hydrogen (secondary N) is 1. The number of anilines is 1. The van der Waals surface area contributed by atoms with Gasteiger partial charge < -0.3 is 10.1 Å². The summed E-state index contributed by atoms with van der Waals surface area (Å²) in [7, 11) is 0. The van der Waals surface area contributed by atoms with Gasteiger partial charge in [-0.05, 0) is 67.9 Å². The first-order chi connectivity index (χ1) is 14.5. The predicted octanol–water partition coefficient (Wildman–Crippen LogP) is 5.15. The summed E-state index contributed by atoms with van der Waals surface area (Å²) >= 11 is 0. The number of aryl methyl sites for hydroxylation is 1. The summed E-state index contributed by atoms with van der Waals surface area (Å²) in [4.78, 5) is 21.4. The van der Waals surface area contributed by atoms with Crippen LogP contribution in [0.1, 0.15) is 12.5 Å². The molecule has 3 aromatic carbocycles. The Balaban J connectivity index is 1.43. The molecule has 1 atom stereocenters. The first kappa shape index (κ1) is 19.5. The minimum absolute atomic E-state index is 0.359. The van der Waals surface area contributed by atoms with Gasteiger partial charge in [-0.25, -0.2) is 9.37 Å². The Labute approximate surface area is 173 Å². The average Bonchev–Trinajstić information content (AvgIpc) is 2.76. The molecule has 5 nitrogen and oxygen atoms in total. The number of ether oxygens (including phenoxy) is 1. The second-order valence-corrected chi connectivity index (χ2v) is 6.98. The lowest BCUT2D eigenvalue weighted by atomic mass is 10.1. The molecule has 0 aliphatic carbocycles. The summed E-state index contributed by atoms with van der Waals surface area (Å²) in [6.45, 7) is 3.31. The number of hydrogen-bond acceptors (Lipinski definition) is 4. The molecule has 0 aliphatic heterocycles. The quantitative estimate of drug-likeness (QED) is 0.502. The second kappa shape index (κ2) is 8.29. The molecule has 1 aromatic heterocycles. The van der Waals surface area contributed by atoms with Crippen LogP contribution in [0.4, 0.5) is 10.1 Å². The SMILES string of the molecule is Cc1ccc(NC(=O)C(C)Oc2ccc(-c3cnc4ccccc4n3)cc2)cc1F. The van der Waals surface area contributed by atoms with E-state index in [2.05, 4.69) is 15.3 Å². The number of para-hydroxylation sites is 2. The van der Waals surface area contributed by atoms with Crippen LogP contribution >= 0.6 is 0 Å². The van der Waals surface area contributed by atoms with Crippen LogP contribution in [0.15, 0.2) is 72.9 Å². The van der Waals surface area contributed by atoms with Gasteiger partial charge in [-0.2, -0.15) is 0 Å². The van der Waals surface area contributed by atoms with Crippen molar-refractivity contribution in [1.29, 1.82) is 0 Å². The summed E-state index contributed by atoms with van der Waals surface area (Å²) < 4.78 is 19.4. The van der Waals surface area contributed by atoms with Crippen molar-refractivity contribution in [3.8, 4) is 17.0 Å². The molecule has 0 saturated heterocycles. The maximum Gasteiger partial charge on any atom is 0.265 e. The monoisotopic (exact) mass is 401 g/mol. The third kappa shape index (κ3) is 4.27. The van der Waals surface area contributed by atoms with Crippen LogP contribution in [0.3, 0.4) is 0 Å². The Morgan fingerprint density at radius 3 is 2.50 bits per heavy atom. The second-order valence-electron chi connectivity index (χ2n) is 6.98. The van der Waals surface area contributed by atoms with E-state index in [1.54, 1.807) is 44.3 Å². The number of carbonyl (C=O) groups is 1. The molecular formula is C24H20FN3O2. The molecule has 0 fully saturated rings. The summed E-state index contributed by atoms with van der Waals surface area (Å²) in [5.74, 6) is -0.179. The van der Waals surface area contributed by atoms with Crippen molar-refractivity contribution < 1.29 is 13.9 Å². The maximum absolute atomic E-state index is 13.6. The summed E-state index contributed by atoms with van der Waals surface area (Å²) in [5, 5.41) is 2.66. The molecule has 1 unspecified atom stereocenters. The van der Waals surface area contributed by atoms with Gasteiger partial charge in [-0.1, -0.05) is 18.2 Å². The smallest absolute Gasteiger partial charge is 0.265 e. The first-order valence-corrected chi connectivity index (χ1v) is 9.55. The molecule has 0 spiro atoms. The van der Waals surface area contributed by atoms with E-state index < -0.39 is 6.10 Å². The standard InChI is InChI=1S/C24H20FN3O2/c1-15-7-10-18(13-20(15)25)27-24(29)16(2)30-19-11-8-17(9-12-19)23-14-26-21-5-3-4-6-22(21)28-23/h3-14,16H,1-2H3,(H,27,29). The highest BCUT2D eigenvalue weighted by Crippen LogP contribution is 2.23. The Hall–Kier alpha value is -3.80. The molecule has 4 aromatic rings. The molecule has 0 saturated carbocycles. The molecule has 6 heteroatoms. The van der Waals surface area contributed by atoms with Gasteiger partial charge in [0.1, 0.15) is 11.6 Å². The van der Waals surface area contributed by atoms with Crippen LogP contribution in [-0.4, -0.2) is 22.0 Å². The van der Waals surface area contributed by atoms with E-state index >= 15 is 0 Å². The lowest BCUT2D eigenvalue weighted by Crippen LogP contribution is -2.30. The maximum atomic E-state index is 13.6. The van der Waals surface area contributed by atoms with E-state index in [9.17, 15) is 9.18 Å². The minimum Gasteiger partial charge on any atom is -0.481 e. The molecule has 1 heterocycles. The third-order valence-electron chi connectivity index (χ3n) is 4.72. The Morgan fingerprint density at radius 2 is 1.77 bits per heavy atom. The van der Waals surface area contributed by atoms with Crippen LogP contribution in [-0.2, 0) is 4.79 Å². The molecule has 1 amide bonds. The third-order valence-corrected chi connectivity index (χ3v) is 4.72. The Morgan fingerprint density at radius 1 is 1.03 bits per heavy atom. The number of aromatic nitrogens is 2. The fraction of sp³-hybridized carbons (Fsp3) is 0.125. The predicted molar refractivity (Wildman–Crippen MR) is 115 cm³/mol. The molecule has 4 rings (SSSR count). The molecule has 30 heavy (non-hydrogen) atoms. The largest absolute Gasteiger partial charge is 0.481 e.